The average molecular weight is 286 g/mol. The lowest BCUT2D eigenvalue weighted by Gasteiger charge is -2.07. The zero-order chi connectivity index (χ0) is 15.2. The third kappa shape index (κ3) is 3.30. The van der Waals surface area contributed by atoms with E-state index >= 15 is 0 Å². The van der Waals surface area contributed by atoms with Crippen LogP contribution in [0.2, 0.25) is 0 Å². The van der Waals surface area contributed by atoms with E-state index in [1.807, 2.05) is 12.1 Å². The second-order valence-electron chi connectivity index (χ2n) is 4.01. The van der Waals surface area contributed by atoms with Gasteiger partial charge in [-0.05, 0) is 23.8 Å². The van der Waals surface area contributed by atoms with Crippen LogP contribution in [0.1, 0.15) is 17.1 Å². The van der Waals surface area contributed by atoms with Gasteiger partial charge >= 0.3 is 0 Å². The van der Waals surface area contributed by atoms with Crippen LogP contribution >= 0.6 is 0 Å². The molecule has 0 unspecified atom stereocenters. The summed E-state index contributed by atoms with van der Waals surface area (Å²) < 4.78 is 15.6. The lowest BCUT2D eigenvalue weighted by molar-refractivity contribution is 0.355. The van der Waals surface area contributed by atoms with Gasteiger partial charge in [0.05, 0.1) is 20.4 Å². The zero-order valence-electron chi connectivity index (χ0n) is 11.9. The monoisotopic (exact) mass is 286 g/mol. The van der Waals surface area contributed by atoms with Gasteiger partial charge in [0.2, 0.25) is 5.69 Å². The number of benzene rings is 1. The van der Waals surface area contributed by atoms with Crippen molar-refractivity contribution in [2.24, 2.45) is 5.10 Å². The maximum atomic E-state index is 8.88. The predicted octanol–water partition coefficient (Wildman–Crippen LogP) is 2.32. The summed E-state index contributed by atoms with van der Waals surface area (Å²) in [6, 6.07) is 7.30. The molecule has 21 heavy (non-hydrogen) atoms. The van der Waals surface area contributed by atoms with Crippen molar-refractivity contribution in [2.75, 3.05) is 19.6 Å². The number of nitrogens with zero attached hydrogens (tertiary/aromatic N) is 3. The molecule has 1 N–H and O–H groups in total. The molecule has 1 aromatic heterocycles. The first-order valence-corrected chi connectivity index (χ1v) is 6.06. The highest BCUT2D eigenvalue weighted by Crippen LogP contribution is 2.26. The van der Waals surface area contributed by atoms with Gasteiger partial charge in [0.15, 0.2) is 17.4 Å². The average Bonchev–Trinajstić information content (AvgIpc) is 2.87. The summed E-state index contributed by atoms with van der Waals surface area (Å²) in [6.45, 7) is 1.66. The number of aromatic nitrogens is 1. The van der Waals surface area contributed by atoms with Crippen LogP contribution in [-0.4, -0.2) is 25.4 Å². The molecule has 0 amide bonds. The fourth-order valence-electron chi connectivity index (χ4n) is 1.68. The van der Waals surface area contributed by atoms with E-state index in [9.17, 15) is 0 Å². The van der Waals surface area contributed by atoms with E-state index in [2.05, 4.69) is 15.5 Å². The van der Waals surface area contributed by atoms with Crippen LogP contribution in [0.5, 0.6) is 11.5 Å². The Kier molecular flexibility index (Phi) is 4.41. The largest absolute Gasteiger partial charge is 0.493 e. The Morgan fingerprint density at radius 2 is 2.10 bits per heavy atom. The third-order valence-electron chi connectivity index (χ3n) is 2.63. The molecule has 1 aromatic carbocycles. The minimum absolute atomic E-state index is 0.164. The molecule has 0 aliphatic rings. The third-order valence-corrected chi connectivity index (χ3v) is 2.63. The van der Waals surface area contributed by atoms with Crippen LogP contribution in [0.15, 0.2) is 27.7 Å². The molecule has 0 bridgehead atoms. The van der Waals surface area contributed by atoms with Crippen molar-refractivity contribution in [3.8, 4) is 17.6 Å². The Morgan fingerprint density at radius 1 is 1.33 bits per heavy atom. The SMILES string of the molecule is COc1ccc(/C=N/Nc2oc(C)nc2C#N)cc1OC. The standard InChI is InChI=1S/C14H14N4O3/c1-9-17-11(7-15)14(21-9)18-16-8-10-4-5-12(19-2)13(6-10)20-3/h4-6,8,18H,1-3H3/b16-8+. The molecular weight excluding hydrogens is 272 g/mol. The van der Waals surface area contributed by atoms with Gasteiger partial charge in [-0.3, -0.25) is 0 Å². The van der Waals surface area contributed by atoms with Crippen LogP contribution in [-0.2, 0) is 0 Å². The predicted molar refractivity (Wildman–Crippen MR) is 76.7 cm³/mol. The van der Waals surface area contributed by atoms with Crippen LogP contribution in [0.25, 0.3) is 0 Å². The summed E-state index contributed by atoms with van der Waals surface area (Å²) in [6.07, 6.45) is 1.57. The summed E-state index contributed by atoms with van der Waals surface area (Å²) in [5.74, 6) is 1.86. The molecule has 1 heterocycles. The minimum Gasteiger partial charge on any atom is -0.493 e. The summed E-state index contributed by atoms with van der Waals surface area (Å²) in [4.78, 5) is 3.90. The van der Waals surface area contributed by atoms with Gasteiger partial charge in [-0.2, -0.15) is 10.4 Å². The molecule has 7 heteroatoms. The second-order valence-corrected chi connectivity index (χ2v) is 4.01. The summed E-state index contributed by atoms with van der Waals surface area (Å²) in [5, 5.41) is 12.9. The molecule has 0 fully saturated rings. The van der Waals surface area contributed by atoms with Crippen molar-refractivity contribution in [1.29, 1.82) is 5.26 Å². The molecular formula is C14H14N4O3. The molecule has 108 valence electrons. The van der Waals surface area contributed by atoms with Gasteiger partial charge in [-0.15, -0.1) is 0 Å². The molecule has 0 saturated carbocycles. The molecule has 0 spiro atoms. The number of nitrogens with one attached hydrogen (secondary N) is 1. The van der Waals surface area contributed by atoms with Crippen molar-refractivity contribution >= 4 is 12.1 Å². The van der Waals surface area contributed by atoms with Crippen molar-refractivity contribution in [2.45, 2.75) is 6.92 Å². The Balaban J connectivity index is 2.13. The van der Waals surface area contributed by atoms with Crippen molar-refractivity contribution in [1.82, 2.24) is 4.98 Å². The fourth-order valence-corrected chi connectivity index (χ4v) is 1.68. The quantitative estimate of drug-likeness (QED) is 0.669. The molecule has 2 rings (SSSR count). The molecule has 0 radical (unpaired) electrons. The summed E-state index contributed by atoms with van der Waals surface area (Å²) in [5.41, 5.74) is 3.61. The van der Waals surface area contributed by atoms with Gasteiger partial charge in [0.1, 0.15) is 6.07 Å². The highest BCUT2D eigenvalue weighted by atomic mass is 16.5. The number of hydrazone groups is 1. The second kappa shape index (κ2) is 6.43. The number of methoxy groups -OCH3 is 2. The van der Waals surface area contributed by atoms with Gasteiger partial charge in [0, 0.05) is 6.92 Å². The number of hydrogen-bond donors (Lipinski definition) is 1. The zero-order valence-corrected chi connectivity index (χ0v) is 11.9. The van der Waals surface area contributed by atoms with E-state index in [4.69, 9.17) is 19.2 Å². The first kappa shape index (κ1) is 14.4. The molecule has 0 saturated heterocycles. The number of aryl methyl sites for hydroxylation is 1. The Hall–Kier alpha value is -3.01. The Morgan fingerprint density at radius 3 is 2.76 bits per heavy atom. The van der Waals surface area contributed by atoms with Crippen LogP contribution < -0.4 is 14.9 Å². The van der Waals surface area contributed by atoms with E-state index in [0.717, 1.165) is 5.56 Å². The molecule has 0 atom stereocenters. The molecule has 7 nitrogen and oxygen atoms in total. The van der Waals surface area contributed by atoms with Crippen molar-refractivity contribution in [3.05, 3.63) is 35.3 Å². The van der Waals surface area contributed by atoms with Crippen LogP contribution in [0, 0.1) is 18.3 Å². The van der Waals surface area contributed by atoms with Crippen molar-refractivity contribution < 1.29 is 13.9 Å². The maximum Gasteiger partial charge on any atom is 0.252 e. The molecule has 2 aromatic rings. The highest BCUT2D eigenvalue weighted by molar-refractivity contribution is 5.81. The normalized spacial score (nSPS) is 10.4. The summed E-state index contributed by atoms with van der Waals surface area (Å²) in [7, 11) is 3.14. The van der Waals surface area contributed by atoms with Gasteiger partial charge in [-0.25, -0.2) is 10.4 Å². The Labute approximate surface area is 121 Å². The van der Waals surface area contributed by atoms with Gasteiger partial charge in [0.25, 0.3) is 5.88 Å². The highest BCUT2D eigenvalue weighted by Gasteiger charge is 2.09. The lowest BCUT2D eigenvalue weighted by atomic mass is 10.2. The van der Waals surface area contributed by atoms with E-state index in [-0.39, 0.29) is 11.6 Å². The van der Waals surface area contributed by atoms with E-state index in [1.54, 1.807) is 39.5 Å². The van der Waals surface area contributed by atoms with Crippen LogP contribution in [0.3, 0.4) is 0 Å². The topological polar surface area (TPSA) is 92.7 Å². The van der Waals surface area contributed by atoms with Gasteiger partial charge < -0.3 is 13.9 Å². The number of nitriles is 1. The maximum absolute atomic E-state index is 8.88. The Bertz CT molecular complexity index is 701. The lowest BCUT2D eigenvalue weighted by Crippen LogP contribution is -1.94. The van der Waals surface area contributed by atoms with E-state index in [1.165, 1.54) is 0 Å². The fraction of sp³-hybridized carbons (Fsp3) is 0.214. The molecule has 0 aliphatic carbocycles. The smallest absolute Gasteiger partial charge is 0.252 e. The summed E-state index contributed by atoms with van der Waals surface area (Å²) >= 11 is 0. The number of oxazole rings is 1. The van der Waals surface area contributed by atoms with E-state index in [0.29, 0.717) is 17.4 Å². The van der Waals surface area contributed by atoms with Gasteiger partial charge in [-0.1, -0.05) is 0 Å². The number of rotatable bonds is 5. The minimum atomic E-state index is 0.164. The first-order valence-electron chi connectivity index (χ1n) is 6.06. The number of anilines is 1. The first-order chi connectivity index (χ1) is 10.2. The number of ether oxygens (including phenoxy) is 2. The molecule has 0 aliphatic heterocycles. The van der Waals surface area contributed by atoms with Crippen LogP contribution in [0.4, 0.5) is 5.88 Å². The van der Waals surface area contributed by atoms with Crippen molar-refractivity contribution in [3.63, 3.8) is 0 Å². The number of hydrogen-bond acceptors (Lipinski definition) is 7. The van der Waals surface area contributed by atoms with E-state index < -0.39 is 0 Å².